The van der Waals surface area contributed by atoms with E-state index in [2.05, 4.69) is 14.9 Å². The van der Waals surface area contributed by atoms with Gasteiger partial charge in [0.15, 0.2) is 0 Å². The summed E-state index contributed by atoms with van der Waals surface area (Å²) in [6.45, 7) is 1.36. The molecule has 8 heteroatoms. The van der Waals surface area contributed by atoms with Gasteiger partial charge in [0, 0.05) is 19.1 Å². The molecule has 0 radical (unpaired) electrons. The zero-order valence-corrected chi connectivity index (χ0v) is 16.1. The van der Waals surface area contributed by atoms with Gasteiger partial charge in [-0.3, -0.25) is 4.79 Å². The number of aromatic amines is 1. The number of hydrogen-bond acceptors (Lipinski definition) is 4. The van der Waals surface area contributed by atoms with Crippen molar-refractivity contribution in [3.63, 3.8) is 0 Å². The van der Waals surface area contributed by atoms with Gasteiger partial charge in [-0.2, -0.15) is 0 Å². The second kappa shape index (κ2) is 8.46. The lowest BCUT2D eigenvalue weighted by Crippen LogP contribution is -2.36. The minimum atomic E-state index is -0.715. The van der Waals surface area contributed by atoms with Gasteiger partial charge in [0.05, 0.1) is 27.0 Å². The molecule has 0 amide bonds. The number of H-pyrrole nitrogens is 1. The van der Waals surface area contributed by atoms with Crippen LogP contribution in [0.5, 0.6) is 0 Å². The normalized spacial score (nSPS) is 18.8. The molecule has 1 aliphatic heterocycles. The first kappa shape index (κ1) is 19.3. The molecule has 26 heavy (non-hydrogen) atoms. The third kappa shape index (κ3) is 4.61. The minimum absolute atomic E-state index is 0.250. The summed E-state index contributed by atoms with van der Waals surface area (Å²) in [7, 11) is 0. The molecule has 4 N–H and O–H groups in total. The van der Waals surface area contributed by atoms with Crippen LogP contribution >= 0.6 is 23.2 Å². The van der Waals surface area contributed by atoms with Gasteiger partial charge in [-0.1, -0.05) is 36.0 Å². The summed E-state index contributed by atoms with van der Waals surface area (Å²) in [5, 5.41) is 9.96. The highest BCUT2D eigenvalue weighted by atomic mass is 35.5. The molecule has 2 aliphatic rings. The lowest BCUT2D eigenvalue weighted by molar-refractivity contribution is -0.142. The van der Waals surface area contributed by atoms with Crippen molar-refractivity contribution in [2.75, 3.05) is 18.0 Å². The molecule has 1 aromatic heterocycles. The van der Waals surface area contributed by atoms with Crippen LogP contribution in [0.25, 0.3) is 11.0 Å². The Kier molecular flexibility index (Phi) is 6.27. The van der Waals surface area contributed by atoms with Crippen LogP contribution in [0, 0.1) is 5.92 Å². The van der Waals surface area contributed by atoms with Crippen LogP contribution in [-0.4, -0.2) is 40.2 Å². The number of nitrogens with one attached hydrogen (secondary N) is 1. The summed E-state index contributed by atoms with van der Waals surface area (Å²) in [4.78, 5) is 20.7. The largest absolute Gasteiger partial charge is 0.481 e. The molecule has 6 nitrogen and oxygen atoms in total. The number of halogens is 2. The highest BCUT2D eigenvalue weighted by molar-refractivity contribution is 6.42. The fraction of sp³-hybridized carbons (Fsp3) is 0.556. The van der Waals surface area contributed by atoms with E-state index in [-0.39, 0.29) is 5.92 Å². The Hall–Kier alpha value is -1.50. The molecule has 0 spiro atoms. The number of piperidine rings is 1. The molecular formula is C18H24Cl2N4O2. The summed E-state index contributed by atoms with van der Waals surface area (Å²) in [5.41, 5.74) is 7.12. The molecule has 0 atom stereocenters. The molecule has 2 heterocycles. The molecular weight excluding hydrogens is 375 g/mol. The third-order valence-corrected chi connectivity index (χ3v) is 5.78. The van der Waals surface area contributed by atoms with E-state index in [1.54, 1.807) is 12.1 Å². The molecule has 0 bridgehead atoms. The van der Waals surface area contributed by atoms with Gasteiger partial charge in [0.25, 0.3) is 0 Å². The summed E-state index contributed by atoms with van der Waals surface area (Å²) < 4.78 is 0. The zero-order chi connectivity index (χ0) is 18.7. The molecule has 1 saturated heterocycles. The van der Waals surface area contributed by atoms with E-state index in [4.69, 9.17) is 34.0 Å². The summed E-state index contributed by atoms with van der Waals surface area (Å²) in [5.74, 6) is -0.227. The fourth-order valence-electron chi connectivity index (χ4n) is 3.44. The Bertz CT molecular complexity index is 727. The molecule has 1 saturated carbocycles. The van der Waals surface area contributed by atoms with Gasteiger partial charge >= 0.3 is 5.97 Å². The van der Waals surface area contributed by atoms with Crippen molar-refractivity contribution in [3.05, 3.63) is 22.2 Å². The summed E-state index contributed by atoms with van der Waals surface area (Å²) in [6.07, 6.45) is 6.52. The van der Waals surface area contributed by atoms with Crippen LogP contribution in [0.1, 0.15) is 38.5 Å². The topological polar surface area (TPSA) is 95.2 Å². The Morgan fingerprint density at radius 1 is 1.15 bits per heavy atom. The van der Waals surface area contributed by atoms with Crippen molar-refractivity contribution in [2.24, 2.45) is 11.7 Å². The van der Waals surface area contributed by atoms with E-state index in [0.29, 0.717) is 42.0 Å². The number of carboxylic acid groups (broad SMARTS) is 1. The van der Waals surface area contributed by atoms with Crippen LogP contribution in [-0.2, 0) is 4.79 Å². The first-order valence-corrected chi connectivity index (χ1v) is 9.77. The van der Waals surface area contributed by atoms with Gasteiger partial charge in [-0.25, -0.2) is 4.98 Å². The standard InChI is InChI=1S/C13H13Cl2N3O2.C5H11N/c14-8-5-10-11(6-9(8)15)17-13(16-10)18-3-1-7(2-4-18)12(19)20;6-5-3-1-2-4-5/h5-7H,1-4H2,(H,16,17)(H,19,20);5H,1-4,6H2. The second-order valence-electron chi connectivity index (χ2n) is 6.99. The predicted molar refractivity (Wildman–Crippen MR) is 105 cm³/mol. The Balaban J connectivity index is 0.000000278. The van der Waals surface area contributed by atoms with E-state index in [1.807, 2.05) is 0 Å². The van der Waals surface area contributed by atoms with Crippen LogP contribution < -0.4 is 10.6 Å². The average molecular weight is 399 g/mol. The van der Waals surface area contributed by atoms with Crippen molar-refractivity contribution in [1.29, 1.82) is 0 Å². The van der Waals surface area contributed by atoms with Crippen molar-refractivity contribution in [1.82, 2.24) is 9.97 Å². The minimum Gasteiger partial charge on any atom is -0.481 e. The summed E-state index contributed by atoms with van der Waals surface area (Å²) >= 11 is 12.0. The van der Waals surface area contributed by atoms with Crippen molar-refractivity contribution < 1.29 is 9.90 Å². The number of aromatic nitrogens is 2. The van der Waals surface area contributed by atoms with E-state index in [9.17, 15) is 4.79 Å². The number of nitrogens with two attached hydrogens (primary N) is 1. The number of aliphatic carboxylic acids is 1. The maximum Gasteiger partial charge on any atom is 0.306 e. The fourth-order valence-corrected chi connectivity index (χ4v) is 3.76. The summed E-state index contributed by atoms with van der Waals surface area (Å²) in [6, 6.07) is 4.02. The van der Waals surface area contributed by atoms with Crippen molar-refractivity contribution in [3.8, 4) is 0 Å². The van der Waals surface area contributed by atoms with Crippen LogP contribution in [0.4, 0.5) is 5.95 Å². The molecule has 4 rings (SSSR count). The molecule has 1 aromatic carbocycles. The smallest absolute Gasteiger partial charge is 0.306 e. The molecule has 0 unspecified atom stereocenters. The highest BCUT2D eigenvalue weighted by Gasteiger charge is 2.25. The number of nitrogens with zero attached hydrogens (tertiary/aromatic N) is 2. The number of benzene rings is 1. The van der Waals surface area contributed by atoms with E-state index >= 15 is 0 Å². The van der Waals surface area contributed by atoms with Gasteiger partial charge in [-0.05, 0) is 37.8 Å². The second-order valence-corrected chi connectivity index (χ2v) is 7.80. The quantitative estimate of drug-likeness (QED) is 0.708. The SMILES string of the molecule is NC1CCCC1.O=C(O)C1CCN(c2nc3cc(Cl)c(Cl)cc3[nH]2)CC1. The Labute approximate surface area is 162 Å². The van der Waals surface area contributed by atoms with Crippen molar-refractivity contribution in [2.45, 2.75) is 44.6 Å². The number of imidazole rings is 1. The number of carboxylic acids is 1. The molecule has 2 aromatic rings. The van der Waals surface area contributed by atoms with Gasteiger partial charge in [0.2, 0.25) is 5.95 Å². The maximum absolute atomic E-state index is 10.9. The van der Waals surface area contributed by atoms with Crippen LogP contribution in [0.2, 0.25) is 10.0 Å². The molecule has 1 aliphatic carbocycles. The van der Waals surface area contributed by atoms with E-state index in [1.165, 1.54) is 25.7 Å². The van der Waals surface area contributed by atoms with Crippen LogP contribution in [0.15, 0.2) is 12.1 Å². The highest BCUT2D eigenvalue weighted by Crippen LogP contribution is 2.29. The predicted octanol–water partition coefficient (Wildman–Crippen LogP) is 4.06. The Morgan fingerprint density at radius 2 is 1.77 bits per heavy atom. The average Bonchev–Trinajstić information content (AvgIpc) is 3.25. The molecule has 2 fully saturated rings. The van der Waals surface area contributed by atoms with E-state index < -0.39 is 5.97 Å². The third-order valence-electron chi connectivity index (χ3n) is 5.06. The van der Waals surface area contributed by atoms with E-state index in [0.717, 1.165) is 17.0 Å². The first-order chi connectivity index (χ1) is 12.4. The molecule has 142 valence electrons. The van der Waals surface area contributed by atoms with Gasteiger partial charge in [-0.15, -0.1) is 0 Å². The Morgan fingerprint density at radius 3 is 2.31 bits per heavy atom. The van der Waals surface area contributed by atoms with Gasteiger partial charge in [0.1, 0.15) is 0 Å². The number of rotatable bonds is 2. The lowest BCUT2D eigenvalue weighted by Gasteiger charge is -2.29. The number of fused-ring (bicyclic) bond motifs is 1. The number of hydrogen-bond donors (Lipinski definition) is 3. The first-order valence-electron chi connectivity index (χ1n) is 9.02. The lowest BCUT2D eigenvalue weighted by atomic mass is 9.97. The number of carbonyl (C=O) groups is 1. The zero-order valence-electron chi connectivity index (χ0n) is 14.5. The maximum atomic E-state index is 10.9. The van der Waals surface area contributed by atoms with Crippen molar-refractivity contribution >= 4 is 46.2 Å². The van der Waals surface area contributed by atoms with Gasteiger partial charge < -0.3 is 20.7 Å². The number of anilines is 1. The van der Waals surface area contributed by atoms with Crippen LogP contribution in [0.3, 0.4) is 0 Å². The monoisotopic (exact) mass is 398 g/mol.